The van der Waals surface area contributed by atoms with Crippen LogP contribution in [0.2, 0.25) is 0 Å². The van der Waals surface area contributed by atoms with E-state index in [9.17, 15) is 8.42 Å². The Morgan fingerprint density at radius 3 is 2.57 bits per heavy atom. The predicted molar refractivity (Wildman–Crippen MR) is 80.8 cm³/mol. The van der Waals surface area contributed by atoms with Crippen molar-refractivity contribution in [3.8, 4) is 0 Å². The number of nitrogens with zero attached hydrogens (tertiary/aromatic N) is 4. The highest BCUT2D eigenvalue weighted by molar-refractivity contribution is 7.89. The number of sulfonamides is 1. The van der Waals surface area contributed by atoms with Gasteiger partial charge in [-0.25, -0.2) is 18.4 Å². The standard InChI is InChI=1S/C13H22N4O3S/c1-12-10-13(15-11-14-12)16-4-6-17(7-5-16)21(18,19)9-3-8-20-2/h10-11H,3-9H2,1-2H3. The number of ether oxygens (including phenoxy) is 1. The lowest BCUT2D eigenvalue weighted by Gasteiger charge is -2.34. The van der Waals surface area contributed by atoms with Crippen molar-refractivity contribution in [1.29, 1.82) is 0 Å². The minimum atomic E-state index is -3.18. The molecule has 1 aromatic rings. The molecule has 0 bridgehead atoms. The first-order valence-corrected chi connectivity index (χ1v) is 8.64. The van der Waals surface area contributed by atoms with Crippen molar-refractivity contribution in [2.45, 2.75) is 13.3 Å². The van der Waals surface area contributed by atoms with E-state index in [1.165, 1.54) is 0 Å². The van der Waals surface area contributed by atoms with Gasteiger partial charge in [0, 0.05) is 51.7 Å². The summed E-state index contributed by atoms with van der Waals surface area (Å²) in [7, 11) is -1.60. The molecule has 0 aliphatic carbocycles. The van der Waals surface area contributed by atoms with Crippen LogP contribution in [0.1, 0.15) is 12.1 Å². The van der Waals surface area contributed by atoms with Crippen LogP contribution in [0.3, 0.4) is 0 Å². The van der Waals surface area contributed by atoms with Gasteiger partial charge in [0.1, 0.15) is 12.1 Å². The summed E-state index contributed by atoms with van der Waals surface area (Å²) in [6, 6.07) is 1.92. The number of aromatic nitrogens is 2. The largest absolute Gasteiger partial charge is 0.385 e. The van der Waals surface area contributed by atoms with Gasteiger partial charge in [0.05, 0.1) is 5.75 Å². The second-order valence-corrected chi connectivity index (χ2v) is 7.15. The molecule has 118 valence electrons. The normalized spacial score (nSPS) is 17.1. The number of hydrogen-bond donors (Lipinski definition) is 0. The first kappa shape index (κ1) is 16.1. The molecule has 1 fully saturated rings. The van der Waals surface area contributed by atoms with E-state index in [4.69, 9.17) is 4.74 Å². The van der Waals surface area contributed by atoms with Gasteiger partial charge < -0.3 is 9.64 Å². The third-order valence-electron chi connectivity index (χ3n) is 3.50. The number of methoxy groups -OCH3 is 1. The zero-order valence-electron chi connectivity index (χ0n) is 12.5. The Kier molecular flexibility index (Phi) is 5.49. The van der Waals surface area contributed by atoms with Gasteiger partial charge in [-0.3, -0.25) is 0 Å². The highest BCUT2D eigenvalue weighted by Crippen LogP contribution is 2.15. The van der Waals surface area contributed by atoms with E-state index in [1.807, 2.05) is 13.0 Å². The fraction of sp³-hybridized carbons (Fsp3) is 0.692. The topological polar surface area (TPSA) is 75.6 Å². The molecule has 0 atom stereocenters. The van der Waals surface area contributed by atoms with Crippen LogP contribution in [0.25, 0.3) is 0 Å². The third-order valence-corrected chi connectivity index (χ3v) is 5.45. The quantitative estimate of drug-likeness (QED) is 0.702. The molecule has 21 heavy (non-hydrogen) atoms. The van der Waals surface area contributed by atoms with Crippen LogP contribution in [0.5, 0.6) is 0 Å². The summed E-state index contributed by atoms with van der Waals surface area (Å²) in [5.74, 6) is 1.01. The SMILES string of the molecule is COCCCS(=O)(=O)N1CCN(c2cc(C)ncn2)CC1. The molecular weight excluding hydrogens is 292 g/mol. The summed E-state index contributed by atoms with van der Waals surface area (Å²) in [6.07, 6.45) is 2.07. The van der Waals surface area contributed by atoms with Crippen LogP contribution in [-0.2, 0) is 14.8 Å². The lowest BCUT2D eigenvalue weighted by Crippen LogP contribution is -2.49. The Morgan fingerprint density at radius 2 is 1.95 bits per heavy atom. The molecule has 0 saturated carbocycles. The van der Waals surface area contributed by atoms with E-state index < -0.39 is 10.0 Å². The van der Waals surface area contributed by atoms with Gasteiger partial charge in [0.2, 0.25) is 10.0 Å². The molecular formula is C13H22N4O3S. The number of rotatable bonds is 6. The van der Waals surface area contributed by atoms with Crippen LogP contribution in [0.4, 0.5) is 5.82 Å². The maximum Gasteiger partial charge on any atom is 0.214 e. The Morgan fingerprint density at radius 1 is 1.24 bits per heavy atom. The van der Waals surface area contributed by atoms with Gasteiger partial charge >= 0.3 is 0 Å². The zero-order chi connectivity index (χ0) is 15.3. The Labute approximate surface area is 126 Å². The molecule has 7 nitrogen and oxygen atoms in total. The maximum absolute atomic E-state index is 12.2. The van der Waals surface area contributed by atoms with Crippen molar-refractivity contribution < 1.29 is 13.2 Å². The molecule has 0 spiro atoms. The van der Waals surface area contributed by atoms with E-state index >= 15 is 0 Å². The molecule has 0 unspecified atom stereocenters. The summed E-state index contributed by atoms with van der Waals surface area (Å²) < 4.78 is 30.8. The molecule has 1 aliphatic heterocycles. The first-order chi connectivity index (χ1) is 10.0. The molecule has 0 aromatic carbocycles. The molecule has 2 heterocycles. The molecule has 0 amide bonds. The van der Waals surface area contributed by atoms with Crippen LogP contribution in [-0.4, -0.2) is 68.3 Å². The fourth-order valence-corrected chi connectivity index (χ4v) is 3.78. The average Bonchev–Trinajstić information content (AvgIpc) is 2.47. The van der Waals surface area contributed by atoms with Crippen LogP contribution in [0, 0.1) is 6.92 Å². The van der Waals surface area contributed by atoms with Gasteiger partial charge in [-0.15, -0.1) is 0 Å². The smallest absolute Gasteiger partial charge is 0.214 e. The van der Waals surface area contributed by atoms with Gasteiger partial charge in [0.25, 0.3) is 0 Å². The van der Waals surface area contributed by atoms with Gasteiger partial charge in [0.15, 0.2) is 0 Å². The summed E-state index contributed by atoms with van der Waals surface area (Å²) in [5.41, 5.74) is 0.912. The summed E-state index contributed by atoms with van der Waals surface area (Å²) in [5, 5.41) is 0. The van der Waals surface area contributed by atoms with E-state index in [-0.39, 0.29) is 5.75 Å². The molecule has 1 saturated heterocycles. The number of hydrogen-bond acceptors (Lipinski definition) is 6. The van der Waals surface area contributed by atoms with Crippen molar-refractivity contribution in [2.24, 2.45) is 0 Å². The lowest BCUT2D eigenvalue weighted by molar-refractivity contribution is 0.199. The Balaban J connectivity index is 1.91. The summed E-state index contributed by atoms with van der Waals surface area (Å²) >= 11 is 0. The zero-order valence-corrected chi connectivity index (χ0v) is 13.3. The molecule has 0 N–H and O–H groups in total. The Bertz CT molecular complexity index is 556. The van der Waals surface area contributed by atoms with Crippen LogP contribution in [0.15, 0.2) is 12.4 Å². The van der Waals surface area contributed by atoms with Gasteiger partial charge in [-0.2, -0.15) is 4.31 Å². The van der Waals surface area contributed by atoms with E-state index in [1.54, 1.807) is 17.7 Å². The van der Waals surface area contributed by atoms with Crippen molar-refractivity contribution in [3.63, 3.8) is 0 Å². The summed E-state index contributed by atoms with van der Waals surface area (Å²) in [6.45, 7) is 4.69. The monoisotopic (exact) mass is 314 g/mol. The van der Waals surface area contributed by atoms with E-state index in [0.717, 1.165) is 11.5 Å². The fourth-order valence-electron chi connectivity index (χ4n) is 2.32. The van der Waals surface area contributed by atoms with Crippen LogP contribution >= 0.6 is 0 Å². The lowest BCUT2D eigenvalue weighted by atomic mass is 10.3. The second kappa shape index (κ2) is 7.15. The molecule has 1 aliphatic rings. The third kappa shape index (κ3) is 4.36. The molecule has 1 aromatic heterocycles. The highest BCUT2D eigenvalue weighted by atomic mass is 32.2. The van der Waals surface area contributed by atoms with Crippen molar-refractivity contribution in [3.05, 3.63) is 18.1 Å². The number of piperazine rings is 1. The Hall–Kier alpha value is -1.25. The minimum Gasteiger partial charge on any atom is -0.385 e. The van der Waals surface area contributed by atoms with Crippen molar-refractivity contribution >= 4 is 15.8 Å². The predicted octanol–water partition coefficient (Wildman–Crippen LogP) is 0.273. The number of anilines is 1. The maximum atomic E-state index is 12.2. The van der Waals surface area contributed by atoms with Crippen LogP contribution < -0.4 is 4.90 Å². The van der Waals surface area contributed by atoms with Crippen molar-refractivity contribution in [2.75, 3.05) is 50.5 Å². The van der Waals surface area contributed by atoms with Gasteiger partial charge in [-0.1, -0.05) is 0 Å². The van der Waals surface area contributed by atoms with Gasteiger partial charge in [-0.05, 0) is 13.3 Å². The molecule has 2 rings (SSSR count). The summed E-state index contributed by atoms with van der Waals surface area (Å²) in [4.78, 5) is 10.4. The highest BCUT2D eigenvalue weighted by Gasteiger charge is 2.26. The number of aryl methyl sites for hydroxylation is 1. The molecule has 0 radical (unpaired) electrons. The molecule has 8 heteroatoms. The average molecular weight is 314 g/mol. The van der Waals surface area contributed by atoms with E-state index in [0.29, 0.717) is 39.2 Å². The second-order valence-electron chi connectivity index (χ2n) is 5.07. The van der Waals surface area contributed by atoms with E-state index in [2.05, 4.69) is 14.9 Å². The first-order valence-electron chi connectivity index (χ1n) is 7.03. The minimum absolute atomic E-state index is 0.146. The van der Waals surface area contributed by atoms with Crippen molar-refractivity contribution in [1.82, 2.24) is 14.3 Å².